The molecule has 0 aliphatic heterocycles. The van der Waals surface area contributed by atoms with Crippen molar-refractivity contribution < 1.29 is 13.2 Å². The molecule has 0 saturated heterocycles. The van der Waals surface area contributed by atoms with Crippen molar-refractivity contribution in [2.75, 3.05) is 5.32 Å². The van der Waals surface area contributed by atoms with Gasteiger partial charge in [0.15, 0.2) is 0 Å². The van der Waals surface area contributed by atoms with E-state index in [-0.39, 0.29) is 6.04 Å². The maximum atomic E-state index is 12.5. The van der Waals surface area contributed by atoms with Crippen LogP contribution in [-0.2, 0) is 12.6 Å². The van der Waals surface area contributed by atoms with E-state index in [1.165, 1.54) is 17.0 Å². The van der Waals surface area contributed by atoms with Crippen LogP contribution in [0.15, 0.2) is 30.5 Å². The third-order valence-electron chi connectivity index (χ3n) is 2.89. The number of hydrogen-bond donors (Lipinski definition) is 1. The molecule has 0 saturated carbocycles. The molecule has 1 heterocycles. The molecule has 0 radical (unpaired) electrons. The normalized spacial score (nSPS) is 13.2. The molecule has 0 fully saturated rings. The van der Waals surface area contributed by atoms with Crippen molar-refractivity contribution in [3.63, 3.8) is 0 Å². The number of thiazole rings is 1. The first-order chi connectivity index (χ1) is 9.40. The molecular formula is C14H15F3N2S. The summed E-state index contributed by atoms with van der Waals surface area (Å²) in [5.74, 6) is 0. The zero-order chi connectivity index (χ0) is 14.8. The van der Waals surface area contributed by atoms with Crippen molar-refractivity contribution in [3.8, 4) is 0 Å². The molecule has 2 aromatic rings. The topological polar surface area (TPSA) is 24.9 Å². The quantitative estimate of drug-likeness (QED) is 0.869. The Balaban J connectivity index is 2.06. The molecule has 108 valence electrons. The monoisotopic (exact) mass is 300 g/mol. The zero-order valence-corrected chi connectivity index (χ0v) is 12.0. The van der Waals surface area contributed by atoms with Gasteiger partial charge in [-0.3, -0.25) is 0 Å². The fourth-order valence-corrected chi connectivity index (χ4v) is 2.61. The molecule has 1 N–H and O–H groups in total. The Kier molecular flexibility index (Phi) is 4.32. The minimum Gasteiger partial charge on any atom is -0.376 e. The molecule has 1 unspecified atom stereocenters. The van der Waals surface area contributed by atoms with Crippen molar-refractivity contribution in [1.82, 2.24) is 4.98 Å². The molecule has 0 amide bonds. The summed E-state index contributed by atoms with van der Waals surface area (Å²) in [6.45, 7) is 4.00. The molecule has 20 heavy (non-hydrogen) atoms. The number of hydrogen-bond acceptors (Lipinski definition) is 3. The van der Waals surface area contributed by atoms with Crippen LogP contribution in [0.25, 0.3) is 0 Å². The summed E-state index contributed by atoms with van der Waals surface area (Å²) in [4.78, 5) is 5.51. The van der Waals surface area contributed by atoms with Gasteiger partial charge in [-0.05, 0) is 37.6 Å². The van der Waals surface area contributed by atoms with Gasteiger partial charge in [-0.2, -0.15) is 13.2 Å². The number of anilines is 1. The summed E-state index contributed by atoms with van der Waals surface area (Å²) in [6.07, 6.45) is -1.52. The van der Waals surface area contributed by atoms with Crippen molar-refractivity contribution >= 4 is 17.0 Å². The van der Waals surface area contributed by atoms with E-state index in [1.54, 1.807) is 11.3 Å². The van der Waals surface area contributed by atoms with E-state index in [0.717, 1.165) is 23.6 Å². The first-order valence-electron chi connectivity index (χ1n) is 6.28. The molecule has 2 nitrogen and oxygen atoms in total. The molecule has 6 heteroatoms. The number of benzene rings is 1. The van der Waals surface area contributed by atoms with Crippen molar-refractivity contribution in [3.05, 3.63) is 45.9 Å². The predicted molar refractivity (Wildman–Crippen MR) is 75.0 cm³/mol. The predicted octanol–water partition coefficient (Wildman–Crippen LogP) is 4.90. The summed E-state index contributed by atoms with van der Waals surface area (Å²) < 4.78 is 37.4. The second kappa shape index (κ2) is 5.83. The second-order valence-electron chi connectivity index (χ2n) is 4.46. The maximum Gasteiger partial charge on any atom is 0.416 e. The van der Waals surface area contributed by atoms with E-state index in [1.807, 2.05) is 13.1 Å². The van der Waals surface area contributed by atoms with Crippen LogP contribution < -0.4 is 5.32 Å². The second-order valence-corrected chi connectivity index (χ2v) is 5.61. The Morgan fingerprint density at radius 3 is 2.40 bits per heavy atom. The Labute approximate surface area is 119 Å². The Morgan fingerprint density at radius 1 is 1.25 bits per heavy atom. The van der Waals surface area contributed by atoms with Crippen molar-refractivity contribution in [1.29, 1.82) is 0 Å². The molecule has 1 aromatic heterocycles. The highest BCUT2D eigenvalue weighted by Crippen LogP contribution is 2.30. The average molecular weight is 300 g/mol. The lowest BCUT2D eigenvalue weighted by Crippen LogP contribution is -2.08. The van der Waals surface area contributed by atoms with E-state index in [4.69, 9.17) is 0 Å². The summed E-state index contributed by atoms with van der Waals surface area (Å²) >= 11 is 1.61. The van der Waals surface area contributed by atoms with E-state index in [0.29, 0.717) is 5.69 Å². The molecule has 0 bridgehead atoms. The van der Waals surface area contributed by atoms with Crippen LogP contribution in [0.3, 0.4) is 0 Å². The fourth-order valence-electron chi connectivity index (χ4n) is 1.75. The highest BCUT2D eigenvalue weighted by atomic mass is 32.1. The van der Waals surface area contributed by atoms with Gasteiger partial charge in [0.05, 0.1) is 11.6 Å². The third kappa shape index (κ3) is 3.50. The van der Waals surface area contributed by atoms with Gasteiger partial charge >= 0.3 is 6.18 Å². The average Bonchev–Trinajstić information content (AvgIpc) is 2.87. The van der Waals surface area contributed by atoms with Gasteiger partial charge in [0, 0.05) is 16.8 Å². The van der Waals surface area contributed by atoms with Gasteiger partial charge in [-0.1, -0.05) is 6.92 Å². The summed E-state index contributed by atoms with van der Waals surface area (Å²) in [5.41, 5.74) is 0.0111. The standard InChI is InChI=1S/C14H15F3N2S/c1-3-12-8-18-13(20-12)9(2)19-11-6-4-10(5-7-11)14(15,16)17/h4-9,19H,3H2,1-2H3. The van der Waals surface area contributed by atoms with E-state index in [2.05, 4.69) is 17.2 Å². The van der Waals surface area contributed by atoms with Gasteiger partial charge in [0.25, 0.3) is 0 Å². The molecule has 1 aromatic carbocycles. The lowest BCUT2D eigenvalue weighted by Gasteiger charge is -2.13. The number of aryl methyl sites for hydroxylation is 1. The minimum atomic E-state index is -4.30. The van der Waals surface area contributed by atoms with Crippen LogP contribution in [0.2, 0.25) is 0 Å². The zero-order valence-electron chi connectivity index (χ0n) is 11.2. The van der Waals surface area contributed by atoms with Crippen LogP contribution in [-0.4, -0.2) is 4.98 Å². The summed E-state index contributed by atoms with van der Waals surface area (Å²) in [7, 11) is 0. The summed E-state index contributed by atoms with van der Waals surface area (Å²) in [5, 5.41) is 4.09. The molecule has 0 aliphatic rings. The van der Waals surface area contributed by atoms with E-state index in [9.17, 15) is 13.2 Å². The number of halogens is 3. The van der Waals surface area contributed by atoms with Crippen LogP contribution >= 0.6 is 11.3 Å². The first-order valence-corrected chi connectivity index (χ1v) is 7.10. The highest BCUT2D eigenvalue weighted by Gasteiger charge is 2.29. The van der Waals surface area contributed by atoms with Crippen molar-refractivity contribution in [2.24, 2.45) is 0 Å². The maximum absolute atomic E-state index is 12.5. The van der Waals surface area contributed by atoms with Gasteiger partial charge in [-0.25, -0.2) is 4.98 Å². The number of alkyl halides is 3. The van der Waals surface area contributed by atoms with Crippen LogP contribution in [0.1, 0.15) is 35.3 Å². The first kappa shape index (κ1) is 14.8. The molecule has 2 rings (SSSR count). The Hall–Kier alpha value is -1.56. The van der Waals surface area contributed by atoms with E-state index >= 15 is 0 Å². The van der Waals surface area contributed by atoms with Crippen LogP contribution in [0.4, 0.5) is 18.9 Å². The van der Waals surface area contributed by atoms with Gasteiger partial charge in [0.2, 0.25) is 0 Å². The summed E-state index contributed by atoms with van der Waals surface area (Å²) in [6, 6.07) is 5.00. The fraction of sp³-hybridized carbons (Fsp3) is 0.357. The van der Waals surface area contributed by atoms with Crippen molar-refractivity contribution in [2.45, 2.75) is 32.5 Å². The number of nitrogens with one attached hydrogen (secondary N) is 1. The largest absolute Gasteiger partial charge is 0.416 e. The van der Waals surface area contributed by atoms with Crippen LogP contribution in [0.5, 0.6) is 0 Å². The lowest BCUT2D eigenvalue weighted by atomic mass is 10.2. The van der Waals surface area contributed by atoms with Crippen LogP contribution in [0, 0.1) is 0 Å². The molecule has 1 atom stereocenters. The third-order valence-corrected chi connectivity index (χ3v) is 4.21. The Bertz CT molecular complexity index is 561. The van der Waals surface area contributed by atoms with E-state index < -0.39 is 11.7 Å². The highest BCUT2D eigenvalue weighted by molar-refractivity contribution is 7.11. The molecule has 0 aliphatic carbocycles. The minimum absolute atomic E-state index is 0.0305. The Morgan fingerprint density at radius 2 is 1.90 bits per heavy atom. The number of rotatable bonds is 4. The van der Waals surface area contributed by atoms with Gasteiger partial charge < -0.3 is 5.32 Å². The number of nitrogens with zero attached hydrogens (tertiary/aromatic N) is 1. The molecular weight excluding hydrogens is 285 g/mol. The SMILES string of the molecule is CCc1cnc(C(C)Nc2ccc(C(F)(F)F)cc2)s1. The lowest BCUT2D eigenvalue weighted by molar-refractivity contribution is -0.137. The van der Waals surface area contributed by atoms with Gasteiger partial charge in [-0.15, -0.1) is 11.3 Å². The van der Waals surface area contributed by atoms with Gasteiger partial charge in [0.1, 0.15) is 5.01 Å². The smallest absolute Gasteiger partial charge is 0.376 e. The number of aromatic nitrogens is 1. The molecule has 0 spiro atoms.